The first-order valence-electron chi connectivity index (χ1n) is 8.06. The number of aryl methyl sites for hydroxylation is 1. The Bertz CT molecular complexity index is 849. The van der Waals surface area contributed by atoms with Crippen molar-refractivity contribution in [2.75, 3.05) is 5.32 Å². The van der Waals surface area contributed by atoms with Crippen LogP contribution in [0.15, 0.2) is 66.7 Å². The van der Waals surface area contributed by atoms with E-state index in [1.807, 2.05) is 24.3 Å². The average molecular weight is 356 g/mol. The predicted molar refractivity (Wildman–Crippen MR) is 101 cm³/mol. The molecule has 0 fully saturated rings. The molecule has 3 rings (SSSR count). The molecule has 3 aromatic carbocycles. The molecular weight excluding hydrogens is 337 g/mol. The Kier molecular flexibility index (Phi) is 5.56. The minimum atomic E-state index is -0.349. The quantitative estimate of drug-likeness (QED) is 0.587. The number of benzene rings is 3. The monoisotopic (exact) mass is 355 g/mol. The van der Waals surface area contributed by atoms with Gasteiger partial charge in [0, 0.05) is 17.8 Å². The van der Waals surface area contributed by atoms with Gasteiger partial charge < -0.3 is 10.1 Å². The molecule has 0 saturated carbocycles. The van der Waals surface area contributed by atoms with Crippen LogP contribution < -0.4 is 10.1 Å². The highest BCUT2D eigenvalue weighted by atomic mass is 35.5. The summed E-state index contributed by atoms with van der Waals surface area (Å²) in [7, 11) is 0. The molecule has 0 aliphatic rings. The summed E-state index contributed by atoms with van der Waals surface area (Å²) in [6, 6.07) is 20.5. The fraction of sp³-hybridized carbons (Fsp3) is 0.143. The number of ether oxygens (including phenoxy) is 1. The molecule has 0 aliphatic carbocycles. The van der Waals surface area contributed by atoms with Gasteiger partial charge in [0.05, 0.1) is 5.02 Å². The second kappa shape index (κ2) is 8.04. The van der Waals surface area contributed by atoms with Gasteiger partial charge in [-0.25, -0.2) is 4.39 Å². The highest BCUT2D eigenvalue weighted by Crippen LogP contribution is 2.21. The summed E-state index contributed by atoms with van der Waals surface area (Å²) in [5, 5.41) is 3.76. The molecule has 1 N–H and O–H groups in total. The summed E-state index contributed by atoms with van der Waals surface area (Å²) in [5.74, 6) is 0.404. The van der Waals surface area contributed by atoms with E-state index in [9.17, 15) is 4.39 Å². The van der Waals surface area contributed by atoms with Crippen LogP contribution in [-0.2, 0) is 13.2 Å². The first-order valence-corrected chi connectivity index (χ1v) is 8.44. The average Bonchev–Trinajstić information content (AvgIpc) is 2.61. The number of nitrogens with one attached hydrogen (secondary N) is 1. The number of hydrogen-bond acceptors (Lipinski definition) is 2. The molecule has 0 atom stereocenters. The van der Waals surface area contributed by atoms with Crippen molar-refractivity contribution in [3.05, 3.63) is 94.3 Å². The van der Waals surface area contributed by atoms with E-state index < -0.39 is 0 Å². The van der Waals surface area contributed by atoms with Crippen LogP contribution in [0.3, 0.4) is 0 Å². The van der Waals surface area contributed by atoms with E-state index in [4.69, 9.17) is 16.3 Å². The Labute approximate surface area is 152 Å². The molecule has 3 aromatic rings. The smallest absolute Gasteiger partial charge is 0.124 e. The number of anilines is 1. The van der Waals surface area contributed by atoms with E-state index in [1.165, 1.54) is 17.7 Å². The maximum atomic E-state index is 13.1. The lowest BCUT2D eigenvalue weighted by atomic mass is 10.2. The molecule has 0 unspecified atom stereocenters. The van der Waals surface area contributed by atoms with Gasteiger partial charge in [0.1, 0.15) is 18.2 Å². The maximum Gasteiger partial charge on any atom is 0.124 e. The zero-order valence-corrected chi connectivity index (χ0v) is 14.7. The minimum Gasteiger partial charge on any atom is -0.489 e. The lowest BCUT2D eigenvalue weighted by Gasteiger charge is -2.11. The third-order valence-corrected chi connectivity index (χ3v) is 4.21. The van der Waals surface area contributed by atoms with Crippen LogP contribution in [-0.4, -0.2) is 0 Å². The van der Waals surface area contributed by atoms with Crippen LogP contribution in [0.2, 0.25) is 5.02 Å². The summed E-state index contributed by atoms with van der Waals surface area (Å²) in [4.78, 5) is 0. The van der Waals surface area contributed by atoms with Crippen molar-refractivity contribution >= 4 is 17.3 Å². The normalized spacial score (nSPS) is 10.5. The molecular formula is C21H19ClFNO. The first kappa shape index (κ1) is 17.3. The molecule has 0 saturated heterocycles. The molecule has 0 amide bonds. The molecule has 25 heavy (non-hydrogen) atoms. The summed E-state index contributed by atoms with van der Waals surface area (Å²) in [6.07, 6.45) is 0. The van der Waals surface area contributed by atoms with Gasteiger partial charge in [-0.15, -0.1) is 0 Å². The summed E-state index contributed by atoms with van der Waals surface area (Å²) in [5.41, 5.74) is 4.19. The highest BCUT2D eigenvalue weighted by molar-refractivity contribution is 6.31. The molecule has 4 heteroatoms. The second-order valence-corrected chi connectivity index (χ2v) is 6.30. The van der Waals surface area contributed by atoms with Gasteiger partial charge in [-0.2, -0.15) is 0 Å². The van der Waals surface area contributed by atoms with Gasteiger partial charge in [0.15, 0.2) is 0 Å². The molecule has 0 radical (unpaired) electrons. The van der Waals surface area contributed by atoms with Gasteiger partial charge in [0.2, 0.25) is 0 Å². The zero-order valence-electron chi connectivity index (χ0n) is 13.9. The van der Waals surface area contributed by atoms with Crippen LogP contribution in [0.5, 0.6) is 5.75 Å². The van der Waals surface area contributed by atoms with Crippen molar-refractivity contribution in [2.24, 2.45) is 0 Å². The van der Waals surface area contributed by atoms with E-state index >= 15 is 0 Å². The fourth-order valence-corrected chi connectivity index (χ4v) is 2.64. The molecule has 0 aliphatic heterocycles. The number of halogens is 2. The van der Waals surface area contributed by atoms with E-state index in [0.717, 1.165) is 22.6 Å². The van der Waals surface area contributed by atoms with E-state index in [2.05, 4.69) is 36.5 Å². The van der Waals surface area contributed by atoms with E-state index in [1.54, 1.807) is 6.07 Å². The van der Waals surface area contributed by atoms with Crippen molar-refractivity contribution in [1.82, 2.24) is 0 Å². The molecule has 0 heterocycles. The Morgan fingerprint density at radius 3 is 2.56 bits per heavy atom. The standard InChI is InChI=1S/C21H19ClFNO/c1-15-5-9-19(10-6-15)24-13-16-3-2-4-20(11-16)25-14-17-7-8-18(23)12-21(17)22/h2-12,24H,13-14H2,1H3. The third kappa shape index (κ3) is 4.97. The molecule has 128 valence electrons. The van der Waals surface area contributed by atoms with Crippen LogP contribution in [0.25, 0.3) is 0 Å². The maximum absolute atomic E-state index is 13.1. The van der Waals surface area contributed by atoms with Crippen molar-refractivity contribution in [2.45, 2.75) is 20.1 Å². The fourth-order valence-electron chi connectivity index (χ4n) is 2.42. The van der Waals surface area contributed by atoms with Gasteiger partial charge in [-0.3, -0.25) is 0 Å². The van der Waals surface area contributed by atoms with Crippen LogP contribution in [0.1, 0.15) is 16.7 Å². The highest BCUT2D eigenvalue weighted by Gasteiger charge is 2.04. The van der Waals surface area contributed by atoms with Crippen LogP contribution >= 0.6 is 11.6 Å². The van der Waals surface area contributed by atoms with Gasteiger partial charge >= 0.3 is 0 Å². The first-order chi connectivity index (χ1) is 12.1. The number of rotatable bonds is 6. The minimum absolute atomic E-state index is 0.300. The van der Waals surface area contributed by atoms with Crippen LogP contribution in [0.4, 0.5) is 10.1 Å². The third-order valence-electron chi connectivity index (χ3n) is 3.86. The Morgan fingerprint density at radius 2 is 1.80 bits per heavy atom. The molecule has 0 aromatic heterocycles. The largest absolute Gasteiger partial charge is 0.489 e. The van der Waals surface area contributed by atoms with Crippen LogP contribution in [0, 0.1) is 12.7 Å². The summed E-state index contributed by atoms with van der Waals surface area (Å²) in [6.45, 7) is 3.07. The molecule has 0 spiro atoms. The predicted octanol–water partition coefficient (Wildman–Crippen LogP) is 5.98. The SMILES string of the molecule is Cc1ccc(NCc2cccc(OCc3ccc(F)cc3Cl)c2)cc1. The van der Waals surface area contributed by atoms with Gasteiger partial charge in [-0.1, -0.05) is 47.5 Å². The summed E-state index contributed by atoms with van der Waals surface area (Å²) >= 11 is 6.03. The van der Waals surface area contributed by atoms with Crippen molar-refractivity contribution in [3.8, 4) is 5.75 Å². The Hall–Kier alpha value is -2.52. The van der Waals surface area contributed by atoms with Gasteiger partial charge in [0.25, 0.3) is 0 Å². The molecule has 0 bridgehead atoms. The lowest BCUT2D eigenvalue weighted by molar-refractivity contribution is 0.306. The van der Waals surface area contributed by atoms with Crippen molar-refractivity contribution < 1.29 is 9.13 Å². The summed E-state index contributed by atoms with van der Waals surface area (Å²) < 4.78 is 18.9. The van der Waals surface area contributed by atoms with E-state index in [0.29, 0.717) is 18.2 Å². The van der Waals surface area contributed by atoms with Crippen molar-refractivity contribution in [3.63, 3.8) is 0 Å². The number of hydrogen-bond donors (Lipinski definition) is 1. The van der Waals surface area contributed by atoms with Crippen molar-refractivity contribution in [1.29, 1.82) is 0 Å². The Morgan fingerprint density at radius 1 is 1.00 bits per heavy atom. The second-order valence-electron chi connectivity index (χ2n) is 5.89. The molecule has 2 nitrogen and oxygen atoms in total. The lowest BCUT2D eigenvalue weighted by Crippen LogP contribution is -2.01. The Balaban J connectivity index is 1.60. The topological polar surface area (TPSA) is 21.3 Å². The zero-order chi connectivity index (χ0) is 17.6. The van der Waals surface area contributed by atoms with Gasteiger partial charge in [-0.05, 0) is 48.9 Å². The van der Waals surface area contributed by atoms with E-state index in [-0.39, 0.29) is 5.82 Å².